The van der Waals surface area contributed by atoms with Gasteiger partial charge in [-0.3, -0.25) is 14.1 Å². The van der Waals surface area contributed by atoms with E-state index >= 15 is 0 Å². The van der Waals surface area contributed by atoms with E-state index in [0.717, 1.165) is 83.5 Å². The molecule has 0 aromatic rings. The molecule has 0 amide bonds. The Kier molecular flexibility index (Phi) is 46.4. The van der Waals surface area contributed by atoms with E-state index in [1.165, 1.54) is 122 Å². The lowest BCUT2D eigenvalue weighted by atomic mass is 10.00. The van der Waals surface area contributed by atoms with Gasteiger partial charge in [-0.1, -0.05) is 222 Å². The summed E-state index contributed by atoms with van der Waals surface area (Å²) in [6, 6.07) is 0. The van der Waals surface area contributed by atoms with Crippen molar-refractivity contribution in [3.63, 3.8) is 0 Å². The van der Waals surface area contributed by atoms with Gasteiger partial charge < -0.3 is 34.3 Å². The Hall–Kier alpha value is -2.91. The summed E-state index contributed by atoms with van der Waals surface area (Å²) >= 11 is 0. The fourth-order valence-electron chi connectivity index (χ4n) is 8.76. The van der Waals surface area contributed by atoms with Gasteiger partial charge >= 0.3 is 11.9 Å². The van der Waals surface area contributed by atoms with Gasteiger partial charge in [-0.15, -0.1) is 0 Å². The molecule has 0 spiro atoms. The Labute approximate surface area is 450 Å². The number of unbranched alkanes of at least 4 members (excludes halogenated alkanes) is 26. The first kappa shape index (κ1) is 69.1. The number of ether oxygens (including phenoxy) is 4. The van der Waals surface area contributed by atoms with Gasteiger partial charge in [0.15, 0.2) is 12.4 Å². The molecule has 1 aliphatic heterocycles. The first-order chi connectivity index (χ1) is 36.0. The van der Waals surface area contributed by atoms with Crippen LogP contribution >= 0.6 is 0 Å². The Bertz CT molecular complexity index is 1620. The second-order valence-electron chi connectivity index (χ2n) is 20.3. The number of carbonyl (C=O) groups excluding carboxylic acids is 2. The van der Waals surface area contributed by atoms with E-state index in [1.54, 1.807) is 0 Å². The van der Waals surface area contributed by atoms with Gasteiger partial charge in [0.05, 0.1) is 6.61 Å². The summed E-state index contributed by atoms with van der Waals surface area (Å²) < 4.78 is 54.4. The van der Waals surface area contributed by atoms with Gasteiger partial charge in [0, 0.05) is 12.8 Å². The van der Waals surface area contributed by atoms with Crippen LogP contribution in [0.4, 0.5) is 0 Å². The van der Waals surface area contributed by atoms with Gasteiger partial charge in [0.2, 0.25) is 0 Å². The quantitative estimate of drug-likeness (QED) is 0.0196. The summed E-state index contributed by atoms with van der Waals surface area (Å²) in [4.78, 5) is 25.7. The lowest BCUT2D eigenvalue weighted by Gasteiger charge is -2.40. The van der Waals surface area contributed by atoms with Crippen molar-refractivity contribution in [2.24, 2.45) is 0 Å². The average Bonchev–Trinajstić information content (AvgIpc) is 3.37. The van der Waals surface area contributed by atoms with Crippen LogP contribution in [0.3, 0.4) is 0 Å². The number of hydrogen-bond donors (Lipinski definition) is 4. The zero-order valence-corrected chi connectivity index (χ0v) is 47.2. The molecular formula is C61H106O12S. The van der Waals surface area contributed by atoms with Crippen molar-refractivity contribution in [3.05, 3.63) is 72.9 Å². The van der Waals surface area contributed by atoms with E-state index < -0.39 is 71.2 Å². The number of hydrogen-bond acceptors (Lipinski definition) is 11. The molecule has 74 heavy (non-hydrogen) atoms. The van der Waals surface area contributed by atoms with Crippen LogP contribution in [0.5, 0.6) is 0 Å². The molecule has 12 nitrogen and oxygen atoms in total. The van der Waals surface area contributed by atoms with Gasteiger partial charge in [-0.05, 0) is 83.5 Å². The molecule has 0 aliphatic carbocycles. The van der Waals surface area contributed by atoms with Crippen LogP contribution in [0, 0.1) is 0 Å². The van der Waals surface area contributed by atoms with Crippen LogP contribution in [-0.4, -0.2) is 96.0 Å². The monoisotopic (exact) mass is 1060 g/mol. The number of esters is 2. The highest BCUT2D eigenvalue weighted by Gasteiger charge is 2.46. The molecule has 6 unspecified atom stereocenters. The van der Waals surface area contributed by atoms with Crippen molar-refractivity contribution in [1.82, 2.24) is 0 Å². The summed E-state index contributed by atoms with van der Waals surface area (Å²) in [5.41, 5.74) is 0. The third kappa shape index (κ3) is 43.2. The molecule has 6 atom stereocenters. The van der Waals surface area contributed by atoms with E-state index in [9.17, 15) is 37.9 Å². The molecule has 1 fully saturated rings. The van der Waals surface area contributed by atoms with E-state index in [1.807, 2.05) is 0 Å². The topological polar surface area (TPSA) is 186 Å². The maximum atomic E-state index is 12.9. The maximum absolute atomic E-state index is 12.9. The molecule has 0 saturated carbocycles. The van der Waals surface area contributed by atoms with Crippen molar-refractivity contribution in [2.45, 2.75) is 282 Å². The van der Waals surface area contributed by atoms with Crippen molar-refractivity contribution in [3.8, 4) is 0 Å². The summed E-state index contributed by atoms with van der Waals surface area (Å²) in [7, 11) is -4.61. The minimum atomic E-state index is -4.61. The van der Waals surface area contributed by atoms with Crippen molar-refractivity contribution in [2.75, 3.05) is 19.0 Å². The molecule has 0 aromatic heterocycles. The maximum Gasteiger partial charge on any atom is 0.306 e. The van der Waals surface area contributed by atoms with Crippen LogP contribution in [-0.2, 0) is 38.7 Å². The molecule has 1 heterocycles. The third-order valence-electron chi connectivity index (χ3n) is 13.3. The van der Waals surface area contributed by atoms with E-state index in [2.05, 4.69) is 86.8 Å². The first-order valence-corrected chi connectivity index (χ1v) is 31.1. The summed E-state index contributed by atoms with van der Waals surface area (Å²) in [6.45, 7) is 3.67. The van der Waals surface area contributed by atoms with Crippen LogP contribution in [0.1, 0.15) is 245 Å². The molecule has 0 bridgehead atoms. The molecule has 0 aromatic carbocycles. The Balaban J connectivity index is 2.31. The second-order valence-corrected chi connectivity index (χ2v) is 21.8. The molecule has 0 radical (unpaired) electrons. The fourth-order valence-corrected chi connectivity index (χ4v) is 9.45. The number of allylic oxidation sites excluding steroid dienone is 12. The van der Waals surface area contributed by atoms with Crippen LogP contribution in [0.2, 0.25) is 0 Å². The van der Waals surface area contributed by atoms with Gasteiger partial charge in [0.25, 0.3) is 10.1 Å². The number of carbonyl (C=O) groups is 2. The Morgan fingerprint density at radius 1 is 0.473 bits per heavy atom. The molecule has 428 valence electrons. The number of rotatable bonds is 50. The second kappa shape index (κ2) is 49.6. The average molecular weight is 1060 g/mol. The van der Waals surface area contributed by atoms with Crippen molar-refractivity contribution in [1.29, 1.82) is 0 Å². The molecular weight excluding hydrogens is 957 g/mol. The highest BCUT2D eigenvalue weighted by molar-refractivity contribution is 7.85. The van der Waals surface area contributed by atoms with Gasteiger partial charge in [0.1, 0.15) is 36.8 Å². The van der Waals surface area contributed by atoms with Gasteiger partial charge in [-0.2, -0.15) is 8.42 Å². The standard InChI is InChI=1S/C61H106O12S/c1-3-5-7-9-11-13-15-17-19-21-23-25-27-29-31-33-35-37-39-41-43-45-47-49-56(62)70-51-54(52-71-61-60(66)59(65)58(64)55(73-61)53-74(67,68)69)72-57(63)50-48-46-44-42-40-38-36-34-32-30-28-26-24-22-20-18-16-14-12-10-8-6-4-2/h6,8,12,14-15,17-18,20-21,23-24,26,54-55,58-61,64-66H,3-5,7,9-11,13,16,19,22,25,27-53H2,1-2H3,(H,67,68,69)/b8-6-,14-12-,17-15-,20-18-,23-21-,26-24-. The van der Waals surface area contributed by atoms with E-state index in [4.69, 9.17) is 18.9 Å². The number of aliphatic hydroxyl groups is 3. The predicted molar refractivity (Wildman–Crippen MR) is 302 cm³/mol. The zero-order chi connectivity index (χ0) is 54.0. The van der Waals surface area contributed by atoms with Crippen LogP contribution in [0.25, 0.3) is 0 Å². The van der Waals surface area contributed by atoms with Crippen molar-refractivity contribution < 1.29 is 56.8 Å². The minimum absolute atomic E-state index is 0.156. The Morgan fingerprint density at radius 3 is 1.27 bits per heavy atom. The van der Waals surface area contributed by atoms with Crippen molar-refractivity contribution >= 4 is 22.1 Å². The van der Waals surface area contributed by atoms with Crippen LogP contribution in [0.15, 0.2) is 72.9 Å². The largest absolute Gasteiger partial charge is 0.462 e. The zero-order valence-electron chi connectivity index (χ0n) is 46.4. The fraction of sp³-hybridized carbons (Fsp3) is 0.770. The van der Waals surface area contributed by atoms with Gasteiger partial charge in [-0.25, -0.2) is 0 Å². The first-order valence-electron chi connectivity index (χ1n) is 29.5. The molecule has 1 saturated heterocycles. The molecule has 13 heteroatoms. The van der Waals surface area contributed by atoms with E-state index in [0.29, 0.717) is 12.8 Å². The molecule has 1 aliphatic rings. The normalized spacial score (nSPS) is 19.1. The summed E-state index contributed by atoms with van der Waals surface area (Å²) in [5.74, 6) is -1.99. The summed E-state index contributed by atoms with van der Waals surface area (Å²) in [5, 5.41) is 31.1. The smallest absolute Gasteiger partial charge is 0.306 e. The lowest BCUT2D eigenvalue weighted by molar-refractivity contribution is -0.297. The predicted octanol–water partition coefficient (Wildman–Crippen LogP) is 14.6. The van der Waals surface area contributed by atoms with E-state index in [-0.39, 0.29) is 19.4 Å². The highest BCUT2D eigenvalue weighted by Crippen LogP contribution is 2.24. The minimum Gasteiger partial charge on any atom is -0.462 e. The molecule has 1 rings (SSSR count). The third-order valence-corrected chi connectivity index (χ3v) is 14.0. The number of aliphatic hydroxyl groups excluding tert-OH is 3. The SMILES string of the molecule is CC/C=C\C/C=C\C/C=C\C/C=C\CCCCCCCCCCCCC(=O)OC(COC(=O)CCCCCCCCCCCCC/C=C\C/C=C\CCCCCCC)COC1OC(CS(=O)(=O)O)C(O)C(O)C1O. The Morgan fingerprint density at radius 2 is 0.851 bits per heavy atom. The lowest BCUT2D eigenvalue weighted by Crippen LogP contribution is -2.60. The summed E-state index contributed by atoms with van der Waals surface area (Å²) in [6.07, 6.45) is 56.5. The highest BCUT2D eigenvalue weighted by atomic mass is 32.2. The molecule has 4 N–H and O–H groups in total. The van der Waals surface area contributed by atoms with Crippen LogP contribution < -0.4 is 0 Å².